The highest BCUT2D eigenvalue weighted by molar-refractivity contribution is 9.11. The molecule has 2 rings (SSSR count). The monoisotopic (exact) mass is 522 g/mol. The summed E-state index contributed by atoms with van der Waals surface area (Å²) in [4.78, 5) is 12.4. The number of hydrogen-bond donors (Lipinski definition) is 0. The molecule has 0 aromatic heterocycles. The summed E-state index contributed by atoms with van der Waals surface area (Å²) in [5.41, 5.74) is 0.383. The van der Waals surface area contributed by atoms with Crippen molar-refractivity contribution in [2.45, 2.75) is 32.6 Å². The van der Waals surface area contributed by atoms with Crippen molar-refractivity contribution >= 4 is 61.0 Å². The Labute approximate surface area is 180 Å². The molecule has 2 aromatic carbocycles. The number of esters is 1. The highest BCUT2D eigenvalue weighted by Gasteiger charge is 2.16. The Balaban J connectivity index is 2.03. The summed E-state index contributed by atoms with van der Waals surface area (Å²) >= 11 is 18.7. The maximum Gasteiger partial charge on any atom is 0.343 e. The third-order valence-corrected chi connectivity index (χ3v) is 5.29. The summed E-state index contributed by atoms with van der Waals surface area (Å²) in [6.07, 6.45) is 4.55. The molecule has 0 aliphatic rings. The van der Waals surface area contributed by atoms with E-state index >= 15 is 0 Å². The van der Waals surface area contributed by atoms with Crippen LogP contribution in [0.3, 0.4) is 0 Å². The van der Waals surface area contributed by atoms with Crippen molar-refractivity contribution in [2.24, 2.45) is 0 Å². The minimum absolute atomic E-state index is 0.230. The molecule has 0 spiro atoms. The van der Waals surface area contributed by atoms with Crippen molar-refractivity contribution in [3.05, 3.63) is 54.9 Å². The Bertz CT molecular complexity index is 758. The molecule has 7 heteroatoms. The zero-order valence-electron chi connectivity index (χ0n) is 14.2. The van der Waals surface area contributed by atoms with E-state index in [1.54, 1.807) is 24.3 Å². The molecule has 0 N–H and O–H groups in total. The first-order chi connectivity index (χ1) is 12.4. The molecule has 0 aliphatic heterocycles. The molecule has 2 aromatic rings. The van der Waals surface area contributed by atoms with Gasteiger partial charge in [0.1, 0.15) is 5.75 Å². The Morgan fingerprint density at radius 3 is 2.46 bits per heavy atom. The standard InChI is InChI=1S/C19H18Br2Cl2O3/c1-2-3-4-5-8-25-17-7-6-12(9-14(17)20)19(24)26-18-15(21)10-13(22)11-16(18)23/h6-7,9-11H,2-5,8H2,1H3. The van der Waals surface area contributed by atoms with Crippen molar-refractivity contribution in [3.63, 3.8) is 0 Å². The average Bonchev–Trinajstić information content (AvgIpc) is 2.58. The van der Waals surface area contributed by atoms with Gasteiger partial charge in [0, 0.05) is 5.02 Å². The molecule has 0 radical (unpaired) electrons. The van der Waals surface area contributed by atoms with Crippen molar-refractivity contribution < 1.29 is 14.3 Å². The van der Waals surface area contributed by atoms with Gasteiger partial charge >= 0.3 is 5.97 Å². The third kappa shape index (κ3) is 6.15. The Hall–Kier alpha value is -0.750. The largest absolute Gasteiger partial charge is 0.492 e. The molecule has 0 saturated heterocycles. The van der Waals surface area contributed by atoms with Gasteiger partial charge in [-0.2, -0.15) is 0 Å². The number of unbranched alkanes of at least 4 members (excludes halogenated alkanes) is 3. The average molecular weight is 525 g/mol. The minimum Gasteiger partial charge on any atom is -0.492 e. The highest BCUT2D eigenvalue weighted by Crippen LogP contribution is 2.37. The van der Waals surface area contributed by atoms with Crippen LogP contribution in [0.1, 0.15) is 43.0 Å². The van der Waals surface area contributed by atoms with E-state index in [0.717, 1.165) is 12.8 Å². The normalized spacial score (nSPS) is 10.7. The van der Waals surface area contributed by atoms with E-state index in [4.69, 9.17) is 32.7 Å². The van der Waals surface area contributed by atoms with Crippen molar-refractivity contribution in [2.75, 3.05) is 6.61 Å². The molecule has 0 aliphatic carbocycles. The van der Waals surface area contributed by atoms with E-state index in [-0.39, 0.29) is 10.8 Å². The topological polar surface area (TPSA) is 35.5 Å². The molecule has 0 bridgehead atoms. The van der Waals surface area contributed by atoms with Crippen LogP contribution >= 0.6 is 55.1 Å². The molecule has 0 saturated carbocycles. The molecule has 0 heterocycles. The zero-order valence-corrected chi connectivity index (χ0v) is 18.8. The van der Waals surface area contributed by atoms with Crippen LogP contribution in [0.25, 0.3) is 0 Å². The predicted molar refractivity (Wildman–Crippen MR) is 113 cm³/mol. The molecule has 140 valence electrons. The fourth-order valence-corrected chi connectivity index (χ4v) is 4.05. The summed E-state index contributed by atoms with van der Waals surface area (Å²) in [5, 5.41) is 0.702. The minimum atomic E-state index is -0.523. The Morgan fingerprint density at radius 2 is 1.81 bits per heavy atom. The lowest BCUT2D eigenvalue weighted by atomic mass is 10.2. The first kappa shape index (κ1) is 21.5. The van der Waals surface area contributed by atoms with Gasteiger partial charge in [-0.3, -0.25) is 0 Å². The third-order valence-electron chi connectivity index (χ3n) is 3.58. The zero-order chi connectivity index (χ0) is 19.1. The second kappa shape index (κ2) is 10.5. The maximum atomic E-state index is 12.4. The van der Waals surface area contributed by atoms with Crippen LogP contribution < -0.4 is 9.47 Å². The first-order valence-electron chi connectivity index (χ1n) is 8.21. The van der Waals surface area contributed by atoms with E-state index in [0.29, 0.717) is 31.9 Å². The number of hydrogen-bond acceptors (Lipinski definition) is 3. The van der Waals surface area contributed by atoms with Gasteiger partial charge in [-0.1, -0.05) is 49.4 Å². The number of carbonyl (C=O) groups is 1. The lowest BCUT2D eigenvalue weighted by molar-refractivity contribution is 0.0733. The van der Waals surface area contributed by atoms with Crippen molar-refractivity contribution in [1.29, 1.82) is 0 Å². The van der Waals surface area contributed by atoms with E-state index in [1.165, 1.54) is 18.9 Å². The summed E-state index contributed by atoms with van der Waals surface area (Å²) < 4.78 is 12.4. The van der Waals surface area contributed by atoms with Gasteiger partial charge < -0.3 is 9.47 Å². The van der Waals surface area contributed by atoms with Gasteiger partial charge in [0.05, 0.1) is 26.1 Å². The van der Waals surface area contributed by atoms with Crippen LogP contribution in [-0.2, 0) is 0 Å². The molecule has 0 unspecified atom stereocenters. The number of carbonyl (C=O) groups excluding carboxylic acids is 1. The van der Waals surface area contributed by atoms with Crippen LogP contribution in [-0.4, -0.2) is 12.6 Å². The Morgan fingerprint density at radius 1 is 1.04 bits per heavy atom. The van der Waals surface area contributed by atoms with E-state index in [1.807, 2.05) is 0 Å². The first-order valence-corrected chi connectivity index (χ1v) is 10.6. The second-order valence-corrected chi connectivity index (χ2v) is 8.19. The molecule has 3 nitrogen and oxygen atoms in total. The quantitative estimate of drug-likeness (QED) is 0.202. The van der Waals surface area contributed by atoms with Crippen LogP contribution in [0.2, 0.25) is 10.0 Å². The van der Waals surface area contributed by atoms with Gasteiger partial charge in [-0.15, -0.1) is 0 Å². The maximum absolute atomic E-state index is 12.4. The van der Waals surface area contributed by atoms with Gasteiger partial charge in [0.2, 0.25) is 0 Å². The van der Waals surface area contributed by atoms with E-state index in [2.05, 4.69) is 38.8 Å². The summed E-state index contributed by atoms with van der Waals surface area (Å²) in [7, 11) is 0. The summed E-state index contributed by atoms with van der Waals surface area (Å²) in [6.45, 7) is 2.82. The van der Waals surface area contributed by atoms with E-state index < -0.39 is 5.97 Å². The predicted octanol–water partition coefficient (Wildman–Crippen LogP) is 7.70. The lowest BCUT2D eigenvalue weighted by Crippen LogP contribution is -2.09. The van der Waals surface area contributed by atoms with Crippen LogP contribution in [0.4, 0.5) is 0 Å². The lowest BCUT2D eigenvalue weighted by Gasteiger charge is -2.11. The van der Waals surface area contributed by atoms with Crippen molar-refractivity contribution in [1.82, 2.24) is 0 Å². The summed E-state index contributed by atoms with van der Waals surface area (Å²) in [6, 6.07) is 8.20. The molecular formula is C19H18Br2Cl2O3. The number of rotatable bonds is 8. The molecule has 26 heavy (non-hydrogen) atoms. The van der Waals surface area contributed by atoms with Crippen LogP contribution in [0.15, 0.2) is 39.3 Å². The van der Waals surface area contributed by atoms with Crippen molar-refractivity contribution in [3.8, 4) is 11.5 Å². The van der Waals surface area contributed by atoms with Gasteiger partial charge in [0.25, 0.3) is 0 Å². The smallest absolute Gasteiger partial charge is 0.343 e. The van der Waals surface area contributed by atoms with E-state index in [9.17, 15) is 4.79 Å². The summed E-state index contributed by atoms with van der Waals surface area (Å²) in [5.74, 6) is 0.405. The fraction of sp³-hybridized carbons (Fsp3) is 0.316. The van der Waals surface area contributed by atoms with Crippen LogP contribution in [0, 0.1) is 0 Å². The number of halogens is 4. The number of ether oxygens (including phenoxy) is 2. The molecule has 0 amide bonds. The van der Waals surface area contributed by atoms with Crippen LogP contribution in [0.5, 0.6) is 11.5 Å². The second-order valence-electron chi connectivity index (χ2n) is 5.64. The SMILES string of the molecule is CCCCCCOc1ccc(C(=O)Oc2c(Cl)cc(Cl)cc2Br)cc1Br. The fourth-order valence-electron chi connectivity index (χ4n) is 2.23. The molecule has 0 fully saturated rings. The number of benzene rings is 2. The van der Waals surface area contributed by atoms with Gasteiger partial charge in [-0.25, -0.2) is 4.79 Å². The van der Waals surface area contributed by atoms with Gasteiger partial charge in [0.15, 0.2) is 5.75 Å². The molecule has 0 atom stereocenters. The Kier molecular flexibility index (Phi) is 8.74. The highest BCUT2D eigenvalue weighted by atomic mass is 79.9. The van der Waals surface area contributed by atoms with Gasteiger partial charge in [-0.05, 0) is 68.6 Å². The molecular weight excluding hydrogens is 507 g/mol.